The van der Waals surface area contributed by atoms with Crippen molar-refractivity contribution in [2.45, 2.75) is 27.2 Å². The highest BCUT2D eigenvalue weighted by Crippen LogP contribution is 1.78. The molecule has 0 aromatic carbocycles. The van der Waals surface area contributed by atoms with Gasteiger partial charge in [0.05, 0.1) is 5.71 Å². The number of hydrogen-bond donors (Lipinski definition) is 0. The van der Waals surface area contributed by atoms with E-state index < -0.39 is 0 Å². The Balaban J connectivity index is 0. The molecule has 2 nitrogen and oxygen atoms in total. The number of hydrogen-bond acceptors (Lipinski definition) is 2. The Morgan fingerprint density at radius 1 is 1.30 bits per heavy atom. The van der Waals surface area contributed by atoms with Crippen molar-refractivity contribution < 1.29 is 0 Å². The molecule has 0 bridgehead atoms. The molecule has 0 aromatic heterocycles. The summed E-state index contributed by atoms with van der Waals surface area (Å²) in [6.07, 6.45) is 2.74. The van der Waals surface area contributed by atoms with Crippen molar-refractivity contribution in [1.29, 1.82) is 0 Å². The van der Waals surface area contributed by atoms with Crippen molar-refractivity contribution in [3.8, 4) is 0 Å². The normalized spacial score (nSPS) is 11.1. The molecule has 0 unspecified atom stereocenters. The third-order valence-electron chi connectivity index (χ3n) is 0.928. The van der Waals surface area contributed by atoms with E-state index in [0.29, 0.717) is 0 Å². The van der Waals surface area contributed by atoms with Crippen molar-refractivity contribution in [3.63, 3.8) is 0 Å². The van der Waals surface area contributed by atoms with Crippen molar-refractivity contribution in [2.24, 2.45) is 9.98 Å². The minimum Gasteiger partial charge on any atom is -0.295 e. The van der Waals surface area contributed by atoms with Crippen LogP contribution in [0.1, 0.15) is 27.2 Å². The first-order valence-corrected chi connectivity index (χ1v) is 3.73. The van der Waals surface area contributed by atoms with Gasteiger partial charge < -0.3 is 0 Å². The van der Waals surface area contributed by atoms with Gasteiger partial charge in [-0.3, -0.25) is 9.98 Å². The summed E-state index contributed by atoms with van der Waals surface area (Å²) >= 11 is 0. The Morgan fingerprint density at radius 3 is 1.90 bits per heavy atom. The van der Waals surface area contributed by atoms with Crippen molar-refractivity contribution in [3.05, 3.63) is 0 Å². The third-order valence-corrected chi connectivity index (χ3v) is 0.928. The maximum Gasteiger partial charge on any atom is 0.0519 e. The molecule has 0 aliphatic rings. The first-order valence-electron chi connectivity index (χ1n) is 3.73. The number of nitrogens with zero attached hydrogens (tertiary/aromatic N) is 2. The first kappa shape index (κ1) is 12.1. The maximum absolute atomic E-state index is 3.96. The van der Waals surface area contributed by atoms with Crippen LogP contribution in [0.25, 0.3) is 0 Å². The van der Waals surface area contributed by atoms with Gasteiger partial charge in [0.25, 0.3) is 0 Å². The van der Waals surface area contributed by atoms with Crippen LogP contribution in [-0.2, 0) is 0 Å². The summed E-state index contributed by atoms with van der Waals surface area (Å²) in [5, 5.41) is 0. The highest BCUT2D eigenvalue weighted by molar-refractivity contribution is 6.30. The predicted molar refractivity (Wildman–Crippen MR) is 49.4 cm³/mol. The monoisotopic (exact) mass is 142 g/mol. The molecule has 0 amide bonds. The van der Waals surface area contributed by atoms with Gasteiger partial charge in [-0.1, -0.05) is 20.8 Å². The van der Waals surface area contributed by atoms with Crippen LogP contribution in [0.5, 0.6) is 0 Å². The lowest BCUT2D eigenvalue weighted by Crippen LogP contribution is -1.95. The summed E-state index contributed by atoms with van der Waals surface area (Å²) in [4.78, 5) is 7.79. The molecule has 0 rings (SSSR count). The molecule has 0 fully saturated rings. The van der Waals surface area contributed by atoms with Crippen LogP contribution in [0.3, 0.4) is 0 Å². The van der Waals surface area contributed by atoms with Crippen molar-refractivity contribution in [1.82, 2.24) is 0 Å². The van der Waals surface area contributed by atoms with Crippen LogP contribution in [0.15, 0.2) is 9.98 Å². The van der Waals surface area contributed by atoms with Crippen molar-refractivity contribution in [2.75, 3.05) is 14.1 Å². The molecule has 0 saturated carbocycles. The summed E-state index contributed by atoms with van der Waals surface area (Å²) in [5.41, 5.74) is 1.05. The summed E-state index contributed by atoms with van der Waals surface area (Å²) in [6, 6.07) is 0. The lowest BCUT2D eigenvalue weighted by atomic mass is 10.3. The van der Waals surface area contributed by atoms with E-state index in [-0.39, 0.29) is 0 Å². The van der Waals surface area contributed by atoms with Gasteiger partial charge >= 0.3 is 0 Å². The molecule has 2 heteroatoms. The maximum atomic E-state index is 3.96. The minimum absolute atomic E-state index is 0.966. The third kappa shape index (κ3) is 7.34. The van der Waals surface area contributed by atoms with E-state index in [2.05, 4.69) is 16.9 Å². The van der Waals surface area contributed by atoms with Crippen LogP contribution in [0.2, 0.25) is 0 Å². The Kier molecular flexibility index (Phi) is 13.5. The topological polar surface area (TPSA) is 24.7 Å². The SMILES string of the molecule is CC.CCC(C=NC)=NC. The fourth-order valence-electron chi connectivity index (χ4n) is 0.456. The molecule has 0 aliphatic heterocycles. The van der Waals surface area contributed by atoms with Crippen LogP contribution in [0.4, 0.5) is 0 Å². The zero-order valence-electron chi connectivity index (χ0n) is 7.68. The second-order valence-electron chi connectivity index (χ2n) is 1.46. The molecule has 10 heavy (non-hydrogen) atoms. The molecule has 0 saturated heterocycles. The Morgan fingerprint density at radius 2 is 1.80 bits per heavy atom. The van der Waals surface area contributed by atoms with Gasteiger partial charge in [-0.15, -0.1) is 0 Å². The molecule has 0 radical (unpaired) electrons. The Hall–Kier alpha value is -0.660. The van der Waals surface area contributed by atoms with E-state index in [1.165, 1.54) is 0 Å². The fourth-order valence-corrected chi connectivity index (χ4v) is 0.456. The zero-order valence-corrected chi connectivity index (χ0v) is 7.68. The van der Waals surface area contributed by atoms with Crippen molar-refractivity contribution >= 4 is 11.9 Å². The highest BCUT2D eigenvalue weighted by Gasteiger charge is 1.83. The molecule has 0 atom stereocenters. The van der Waals surface area contributed by atoms with E-state index in [9.17, 15) is 0 Å². The minimum atomic E-state index is 0.966. The first-order chi connectivity index (χ1) is 4.85. The van der Waals surface area contributed by atoms with Gasteiger partial charge in [-0.2, -0.15) is 0 Å². The zero-order chi connectivity index (χ0) is 8.41. The van der Waals surface area contributed by atoms with E-state index >= 15 is 0 Å². The quantitative estimate of drug-likeness (QED) is 0.528. The van der Waals surface area contributed by atoms with Gasteiger partial charge in [0.15, 0.2) is 0 Å². The average Bonchev–Trinajstić information content (AvgIpc) is 2.04. The summed E-state index contributed by atoms with van der Waals surface area (Å²) in [5.74, 6) is 0. The summed E-state index contributed by atoms with van der Waals surface area (Å²) in [6.45, 7) is 6.06. The molecule has 0 N–H and O–H groups in total. The standard InChI is InChI=1S/C6H12N2.C2H6/c1-4-6(8-3)5-7-2;1-2/h5H,4H2,1-3H3;1-2H3. The molecule has 0 aromatic rings. The van der Waals surface area contributed by atoms with E-state index in [1.807, 2.05) is 13.8 Å². The van der Waals surface area contributed by atoms with Gasteiger partial charge in [-0.25, -0.2) is 0 Å². The largest absolute Gasteiger partial charge is 0.295 e. The molecule has 60 valence electrons. The van der Waals surface area contributed by atoms with Crippen LogP contribution in [0, 0.1) is 0 Å². The van der Waals surface area contributed by atoms with E-state index in [1.54, 1.807) is 20.3 Å². The summed E-state index contributed by atoms with van der Waals surface area (Å²) in [7, 11) is 3.53. The Bertz CT molecular complexity index is 101. The lowest BCUT2D eigenvalue weighted by Gasteiger charge is -1.87. The van der Waals surface area contributed by atoms with Gasteiger partial charge in [0.2, 0.25) is 0 Å². The van der Waals surface area contributed by atoms with Gasteiger partial charge in [0.1, 0.15) is 0 Å². The molecule has 0 spiro atoms. The molecule has 0 aliphatic carbocycles. The molecule has 0 heterocycles. The Labute approximate surface area is 64.1 Å². The summed E-state index contributed by atoms with van der Waals surface area (Å²) < 4.78 is 0. The van der Waals surface area contributed by atoms with Crippen LogP contribution >= 0.6 is 0 Å². The lowest BCUT2D eigenvalue weighted by molar-refractivity contribution is 1.27. The smallest absolute Gasteiger partial charge is 0.0519 e. The second-order valence-corrected chi connectivity index (χ2v) is 1.46. The number of aliphatic imine (C=N–C) groups is 2. The predicted octanol–water partition coefficient (Wildman–Crippen LogP) is 2.19. The number of rotatable bonds is 2. The van der Waals surface area contributed by atoms with Crippen LogP contribution in [-0.4, -0.2) is 26.0 Å². The van der Waals surface area contributed by atoms with E-state index in [4.69, 9.17) is 0 Å². The van der Waals surface area contributed by atoms with Gasteiger partial charge in [0, 0.05) is 20.3 Å². The average molecular weight is 142 g/mol. The fraction of sp³-hybridized carbons (Fsp3) is 0.750. The second kappa shape index (κ2) is 11.2. The highest BCUT2D eigenvalue weighted by atomic mass is 14.7. The van der Waals surface area contributed by atoms with E-state index in [0.717, 1.165) is 12.1 Å². The molecular formula is C8H18N2. The molecular weight excluding hydrogens is 124 g/mol. The van der Waals surface area contributed by atoms with Gasteiger partial charge in [-0.05, 0) is 6.42 Å². The van der Waals surface area contributed by atoms with Crippen LogP contribution < -0.4 is 0 Å².